The molecular formula is C8H8O5. The maximum Gasteiger partial charge on any atom is 0.519 e. The summed E-state index contributed by atoms with van der Waals surface area (Å²) in [6.45, 7) is 3.74. The smallest absolute Gasteiger partial charge is 0.426 e. The number of hydrogen-bond donors (Lipinski definition) is 0. The van der Waals surface area contributed by atoms with Crippen molar-refractivity contribution < 1.29 is 23.8 Å². The Morgan fingerprint density at radius 3 is 2.00 bits per heavy atom. The highest BCUT2D eigenvalue weighted by Crippen LogP contribution is 2.30. The van der Waals surface area contributed by atoms with Gasteiger partial charge in [0.15, 0.2) is 0 Å². The molecule has 0 aromatic carbocycles. The van der Waals surface area contributed by atoms with Crippen LogP contribution in [-0.2, 0) is 14.2 Å². The maximum absolute atomic E-state index is 10.8. The first-order chi connectivity index (χ1) is 6.15. The molecule has 1 aliphatic heterocycles. The topological polar surface area (TPSA) is 61.8 Å². The molecule has 0 bridgehead atoms. The minimum atomic E-state index is -0.993. The molecule has 2 atom stereocenters. The molecule has 2 unspecified atom stereocenters. The minimum absolute atomic E-state index is 0.425. The van der Waals surface area contributed by atoms with E-state index in [1.807, 2.05) is 0 Å². The average Bonchev–Trinajstić information content (AvgIpc) is 2.24. The predicted molar refractivity (Wildman–Crippen MR) is 40.0 cm³/mol. The second-order valence-electron chi connectivity index (χ2n) is 3.07. The molecule has 1 heterocycles. The zero-order valence-electron chi connectivity index (χ0n) is 6.82. The van der Waals surface area contributed by atoms with Crippen LogP contribution in [0.2, 0.25) is 0 Å². The molecule has 1 aliphatic carbocycles. The SMILES string of the molecule is C=C1CC2OC(=O)OC(=O)OC2C1. The van der Waals surface area contributed by atoms with Crippen LogP contribution in [-0.4, -0.2) is 24.5 Å². The second-order valence-corrected chi connectivity index (χ2v) is 3.07. The molecule has 13 heavy (non-hydrogen) atoms. The fourth-order valence-corrected chi connectivity index (χ4v) is 1.51. The Morgan fingerprint density at radius 1 is 1.08 bits per heavy atom. The van der Waals surface area contributed by atoms with E-state index in [1.54, 1.807) is 0 Å². The van der Waals surface area contributed by atoms with Crippen molar-refractivity contribution in [1.82, 2.24) is 0 Å². The van der Waals surface area contributed by atoms with Crippen LogP contribution in [0, 0.1) is 0 Å². The first-order valence-corrected chi connectivity index (χ1v) is 3.91. The molecule has 1 saturated carbocycles. The molecule has 0 amide bonds. The fourth-order valence-electron chi connectivity index (χ4n) is 1.51. The Kier molecular flexibility index (Phi) is 1.72. The van der Waals surface area contributed by atoms with Crippen molar-refractivity contribution in [2.24, 2.45) is 0 Å². The number of carbonyl (C=O) groups excluding carboxylic acids is 2. The Bertz CT molecular complexity index is 256. The highest BCUT2D eigenvalue weighted by atomic mass is 16.8. The van der Waals surface area contributed by atoms with Gasteiger partial charge in [-0.25, -0.2) is 9.59 Å². The Morgan fingerprint density at radius 2 is 1.54 bits per heavy atom. The summed E-state index contributed by atoms with van der Waals surface area (Å²) in [6, 6.07) is 0. The van der Waals surface area contributed by atoms with Crippen LogP contribution in [0.25, 0.3) is 0 Å². The van der Waals surface area contributed by atoms with Crippen LogP contribution in [0.1, 0.15) is 12.8 Å². The van der Waals surface area contributed by atoms with Crippen LogP contribution >= 0.6 is 0 Å². The highest BCUT2D eigenvalue weighted by molar-refractivity contribution is 5.78. The first-order valence-electron chi connectivity index (χ1n) is 3.91. The van der Waals surface area contributed by atoms with Crippen molar-refractivity contribution in [2.75, 3.05) is 0 Å². The molecular weight excluding hydrogens is 176 g/mol. The lowest BCUT2D eigenvalue weighted by atomic mass is 10.3. The lowest BCUT2D eigenvalue weighted by Crippen LogP contribution is -2.24. The lowest BCUT2D eigenvalue weighted by Gasteiger charge is -2.11. The van der Waals surface area contributed by atoms with Gasteiger partial charge in [0.05, 0.1) is 0 Å². The molecule has 0 N–H and O–H groups in total. The zero-order chi connectivity index (χ0) is 9.42. The molecule has 0 spiro atoms. The van der Waals surface area contributed by atoms with Gasteiger partial charge in [-0.1, -0.05) is 12.2 Å². The van der Waals surface area contributed by atoms with Crippen molar-refractivity contribution in [3.63, 3.8) is 0 Å². The average molecular weight is 184 g/mol. The highest BCUT2D eigenvalue weighted by Gasteiger charge is 2.40. The number of carbonyl (C=O) groups is 2. The molecule has 0 aromatic heterocycles. The van der Waals surface area contributed by atoms with E-state index in [2.05, 4.69) is 11.3 Å². The minimum Gasteiger partial charge on any atom is -0.426 e. The fraction of sp³-hybridized carbons (Fsp3) is 0.500. The normalized spacial score (nSPS) is 32.8. The molecule has 5 heteroatoms. The summed E-state index contributed by atoms with van der Waals surface area (Å²) in [4.78, 5) is 21.5. The van der Waals surface area contributed by atoms with E-state index in [4.69, 9.17) is 9.47 Å². The van der Waals surface area contributed by atoms with Crippen LogP contribution < -0.4 is 0 Å². The van der Waals surface area contributed by atoms with Gasteiger partial charge in [0.25, 0.3) is 0 Å². The van der Waals surface area contributed by atoms with Crippen LogP contribution in [0.5, 0.6) is 0 Å². The molecule has 0 radical (unpaired) electrons. The summed E-state index contributed by atoms with van der Waals surface area (Å²) >= 11 is 0. The maximum atomic E-state index is 10.8. The van der Waals surface area contributed by atoms with E-state index in [1.165, 1.54) is 0 Å². The molecule has 2 aliphatic rings. The van der Waals surface area contributed by atoms with E-state index in [9.17, 15) is 9.59 Å². The lowest BCUT2D eigenvalue weighted by molar-refractivity contribution is 0.0330. The van der Waals surface area contributed by atoms with E-state index < -0.39 is 24.5 Å². The van der Waals surface area contributed by atoms with Gasteiger partial charge in [0.1, 0.15) is 12.2 Å². The van der Waals surface area contributed by atoms with Crippen LogP contribution in [0.4, 0.5) is 9.59 Å². The van der Waals surface area contributed by atoms with E-state index >= 15 is 0 Å². The summed E-state index contributed by atoms with van der Waals surface area (Å²) in [5, 5.41) is 0. The molecule has 5 nitrogen and oxygen atoms in total. The summed E-state index contributed by atoms with van der Waals surface area (Å²) in [7, 11) is 0. The summed E-state index contributed by atoms with van der Waals surface area (Å²) in [5.41, 5.74) is 0.914. The summed E-state index contributed by atoms with van der Waals surface area (Å²) < 4.78 is 13.7. The van der Waals surface area contributed by atoms with Crippen LogP contribution in [0.3, 0.4) is 0 Å². The number of rotatable bonds is 0. The quantitative estimate of drug-likeness (QED) is 0.323. The molecule has 2 fully saturated rings. The van der Waals surface area contributed by atoms with Gasteiger partial charge in [0.2, 0.25) is 0 Å². The number of ether oxygens (including phenoxy) is 3. The standard InChI is InChI=1S/C8H8O5/c1-4-2-5-6(3-4)12-8(10)13-7(9)11-5/h5-6H,1-3H2. The van der Waals surface area contributed by atoms with Gasteiger partial charge in [-0.05, 0) is 0 Å². The number of hydrogen-bond acceptors (Lipinski definition) is 5. The van der Waals surface area contributed by atoms with Crippen molar-refractivity contribution in [3.8, 4) is 0 Å². The van der Waals surface area contributed by atoms with Crippen molar-refractivity contribution >= 4 is 12.3 Å². The Labute approximate surface area is 74.3 Å². The van der Waals surface area contributed by atoms with Crippen LogP contribution in [0.15, 0.2) is 12.2 Å². The van der Waals surface area contributed by atoms with E-state index in [-0.39, 0.29) is 0 Å². The van der Waals surface area contributed by atoms with Gasteiger partial charge < -0.3 is 14.2 Å². The van der Waals surface area contributed by atoms with Gasteiger partial charge in [-0.15, -0.1) is 0 Å². The zero-order valence-corrected chi connectivity index (χ0v) is 6.82. The summed E-state index contributed by atoms with van der Waals surface area (Å²) in [6.07, 6.45) is -1.77. The van der Waals surface area contributed by atoms with Crippen molar-refractivity contribution in [1.29, 1.82) is 0 Å². The molecule has 0 aromatic rings. The molecule has 1 saturated heterocycles. The third-order valence-corrected chi connectivity index (χ3v) is 2.06. The monoisotopic (exact) mass is 184 g/mol. The Hall–Kier alpha value is -1.52. The second kappa shape index (κ2) is 2.76. The summed E-state index contributed by atoms with van der Waals surface area (Å²) in [5.74, 6) is 0. The third kappa shape index (κ3) is 1.49. The predicted octanol–water partition coefficient (Wildman–Crippen LogP) is 1.38. The van der Waals surface area contributed by atoms with Crippen molar-refractivity contribution in [3.05, 3.63) is 12.2 Å². The first kappa shape index (κ1) is 8.10. The number of fused-ring (bicyclic) bond motifs is 1. The van der Waals surface area contributed by atoms with E-state index in [0.29, 0.717) is 12.8 Å². The largest absolute Gasteiger partial charge is 0.519 e. The van der Waals surface area contributed by atoms with Gasteiger partial charge in [-0.2, -0.15) is 0 Å². The van der Waals surface area contributed by atoms with E-state index in [0.717, 1.165) is 5.57 Å². The van der Waals surface area contributed by atoms with Gasteiger partial charge >= 0.3 is 12.3 Å². The van der Waals surface area contributed by atoms with Gasteiger partial charge in [0, 0.05) is 12.8 Å². The molecule has 2 rings (SSSR count). The van der Waals surface area contributed by atoms with Crippen molar-refractivity contribution in [2.45, 2.75) is 25.0 Å². The third-order valence-electron chi connectivity index (χ3n) is 2.06. The van der Waals surface area contributed by atoms with Gasteiger partial charge in [-0.3, -0.25) is 0 Å². The number of cyclic esters (lactones) is 2. The molecule has 70 valence electrons. The Balaban J connectivity index is 2.16.